The summed E-state index contributed by atoms with van der Waals surface area (Å²) in [4.78, 5) is 14.0. The van der Waals surface area contributed by atoms with Crippen molar-refractivity contribution < 1.29 is 50.9 Å². The molecule has 49 heavy (non-hydrogen) atoms. The van der Waals surface area contributed by atoms with Gasteiger partial charge in [0.1, 0.15) is 23.9 Å². The Morgan fingerprint density at radius 3 is 2.20 bits per heavy atom. The van der Waals surface area contributed by atoms with Gasteiger partial charge in [-0.15, -0.1) is 0 Å². The van der Waals surface area contributed by atoms with Crippen LogP contribution in [0, 0.1) is 17.8 Å². The van der Waals surface area contributed by atoms with Gasteiger partial charge in [-0.05, 0) is 49.4 Å². The summed E-state index contributed by atoms with van der Waals surface area (Å²) in [6.45, 7) is 5.29. The van der Waals surface area contributed by atoms with Crippen LogP contribution in [0.5, 0.6) is 5.75 Å². The molecule has 1 saturated heterocycles. The van der Waals surface area contributed by atoms with E-state index in [0.29, 0.717) is 12.2 Å². The third-order valence-corrected chi connectivity index (χ3v) is 10.2. The van der Waals surface area contributed by atoms with E-state index in [1.54, 1.807) is 33.5 Å². The number of hydrogen-bond acceptors (Lipinski definition) is 11. The van der Waals surface area contributed by atoms with E-state index in [-0.39, 0.29) is 24.7 Å². The molecule has 2 aromatic carbocycles. The van der Waals surface area contributed by atoms with E-state index in [9.17, 15) is 18.3 Å². The Balaban J connectivity index is 1.79. The highest BCUT2D eigenvalue weighted by atomic mass is 32.2. The first-order valence-electron chi connectivity index (χ1n) is 16.8. The van der Waals surface area contributed by atoms with Gasteiger partial charge in [0.25, 0.3) is 10.1 Å². The first-order chi connectivity index (χ1) is 23.3. The van der Waals surface area contributed by atoms with Crippen LogP contribution in [-0.4, -0.2) is 83.4 Å². The molecule has 2 aromatic rings. The Kier molecular flexibility index (Phi) is 13.8. The van der Waals surface area contributed by atoms with E-state index in [0.717, 1.165) is 36.6 Å². The van der Waals surface area contributed by atoms with Gasteiger partial charge in [-0.25, -0.2) is 0 Å². The molecular weight excluding hydrogens is 652 g/mol. The van der Waals surface area contributed by atoms with Crippen molar-refractivity contribution in [2.45, 2.75) is 95.5 Å². The number of fused-ring (bicyclic) bond motifs is 2. The monoisotopic (exact) mass is 704 g/mol. The highest BCUT2D eigenvalue weighted by Crippen LogP contribution is 2.44. The minimum Gasteiger partial charge on any atom is -0.497 e. The van der Waals surface area contributed by atoms with Crippen LogP contribution in [0.3, 0.4) is 0 Å². The number of rotatable bonds is 9. The maximum absolute atomic E-state index is 14.0. The van der Waals surface area contributed by atoms with Gasteiger partial charge in [0.15, 0.2) is 6.10 Å². The maximum Gasteiger partial charge on any atom is 0.314 e. The molecule has 2 aliphatic heterocycles. The molecule has 4 rings (SSSR count). The molecule has 2 aliphatic rings. The lowest BCUT2D eigenvalue weighted by Gasteiger charge is -2.52. The van der Waals surface area contributed by atoms with E-state index in [4.69, 9.17) is 32.6 Å². The van der Waals surface area contributed by atoms with Crippen molar-refractivity contribution in [3.8, 4) is 5.75 Å². The highest BCUT2D eigenvalue weighted by Gasteiger charge is 2.60. The SMILES string of the molecule is COc1ccc(CO[C@H]2[C@H](C)[C@H]3O[C@](O)([C@H](C)C(=O)O[C@H](c4ccccc4)CCCC[C@H](OC)[C@H](OC)/C=C/[C@@H]3C)[C@H]2OS(C)(=O)=O)cc1. The van der Waals surface area contributed by atoms with Gasteiger partial charge < -0.3 is 33.5 Å². The zero-order valence-corrected chi connectivity index (χ0v) is 30.3. The summed E-state index contributed by atoms with van der Waals surface area (Å²) in [7, 11) is 0.680. The minimum atomic E-state index is -4.18. The molecular formula is C37H52O11S. The van der Waals surface area contributed by atoms with Crippen LogP contribution in [0.15, 0.2) is 66.7 Å². The number of benzene rings is 2. The second-order valence-corrected chi connectivity index (χ2v) is 14.7. The van der Waals surface area contributed by atoms with E-state index >= 15 is 0 Å². The Morgan fingerprint density at radius 1 is 0.918 bits per heavy atom. The van der Waals surface area contributed by atoms with Crippen molar-refractivity contribution in [3.05, 3.63) is 77.9 Å². The summed E-state index contributed by atoms with van der Waals surface area (Å²) in [6.07, 6.45) is 2.91. The quantitative estimate of drug-likeness (QED) is 0.205. The van der Waals surface area contributed by atoms with Crippen molar-refractivity contribution in [3.63, 3.8) is 0 Å². The molecule has 1 fully saturated rings. The molecule has 0 aliphatic carbocycles. The van der Waals surface area contributed by atoms with Crippen molar-refractivity contribution in [2.75, 3.05) is 27.6 Å². The number of hydrogen-bond donors (Lipinski definition) is 1. The molecule has 10 atom stereocenters. The average molecular weight is 705 g/mol. The first kappa shape index (κ1) is 39.0. The Labute approximate surface area is 290 Å². The van der Waals surface area contributed by atoms with Gasteiger partial charge >= 0.3 is 5.97 Å². The van der Waals surface area contributed by atoms with Crippen molar-refractivity contribution in [1.82, 2.24) is 0 Å². The predicted molar refractivity (Wildman–Crippen MR) is 183 cm³/mol. The number of aliphatic hydroxyl groups is 1. The van der Waals surface area contributed by atoms with E-state index < -0.39 is 58.1 Å². The highest BCUT2D eigenvalue weighted by molar-refractivity contribution is 7.86. The smallest absolute Gasteiger partial charge is 0.314 e. The fourth-order valence-electron chi connectivity index (χ4n) is 6.70. The summed E-state index contributed by atoms with van der Waals surface area (Å²) >= 11 is 0. The van der Waals surface area contributed by atoms with E-state index in [2.05, 4.69) is 0 Å². The molecule has 2 heterocycles. The van der Waals surface area contributed by atoms with Gasteiger partial charge in [0.2, 0.25) is 5.79 Å². The van der Waals surface area contributed by atoms with E-state index in [1.807, 2.05) is 68.5 Å². The van der Waals surface area contributed by atoms with Crippen LogP contribution in [0.1, 0.15) is 63.7 Å². The van der Waals surface area contributed by atoms with E-state index in [1.165, 1.54) is 6.92 Å². The molecule has 0 spiro atoms. The molecule has 0 aromatic heterocycles. The number of carbonyl (C=O) groups excluding carboxylic acids is 1. The lowest BCUT2D eigenvalue weighted by Crippen LogP contribution is -2.67. The lowest BCUT2D eigenvalue weighted by molar-refractivity contribution is -0.355. The molecule has 12 heteroatoms. The molecule has 2 bridgehead atoms. The second-order valence-electron chi connectivity index (χ2n) is 13.1. The summed E-state index contributed by atoms with van der Waals surface area (Å²) in [5.74, 6) is -4.79. The van der Waals surface area contributed by atoms with Crippen LogP contribution in [0.25, 0.3) is 0 Å². The Bertz CT molecular complexity index is 1460. The van der Waals surface area contributed by atoms with Gasteiger partial charge in [0, 0.05) is 26.1 Å². The number of esters is 1. The molecule has 0 amide bonds. The van der Waals surface area contributed by atoms with Gasteiger partial charge in [-0.2, -0.15) is 8.42 Å². The first-order valence-corrected chi connectivity index (χ1v) is 18.6. The molecule has 0 unspecified atom stereocenters. The third kappa shape index (κ3) is 9.90. The standard InChI is InChI=1S/C37H52O11S/c1-24-17-22-32(44-6)31(43-5)16-12-11-15-30(28-13-9-8-10-14-28)46-36(38)26(3)37(39)35(48-49(7,40)41)34(25(2)33(24)47-37)45-23-27-18-20-29(42-4)21-19-27/h8-10,13-14,17-22,24-26,30-35,39H,11-12,15-16,23H2,1-7H3/b22-17+/t24-,25+,26+,30-,31-,32+,33-,34-,35-,37+/m0/s1. The summed E-state index contributed by atoms with van der Waals surface area (Å²) in [6, 6.07) is 16.6. The molecule has 272 valence electrons. The van der Waals surface area contributed by atoms with Gasteiger partial charge in [0.05, 0.1) is 38.3 Å². The average Bonchev–Trinajstić information content (AvgIpc) is 3.09. The fourth-order valence-corrected chi connectivity index (χ4v) is 7.33. The number of cyclic esters (lactones) is 1. The number of ether oxygens (including phenoxy) is 6. The Hall–Kier alpha value is -2.84. The number of carbonyl (C=O) groups is 1. The van der Waals surface area contributed by atoms with Crippen molar-refractivity contribution >= 4 is 16.1 Å². The molecule has 0 radical (unpaired) electrons. The maximum atomic E-state index is 14.0. The third-order valence-electron chi connectivity index (χ3n) is 9.62. The van der Waals surface area contributed by atoms with Crippen LogP contribution >= 0.6 is 0 Å². The van der Waals surface area contributed by atoms with Crippen LogP contribution in [-0.2, 0) is 49.4 Å². The van der Waals surface area contributed by atoms with Crippen LogP contribution < -0.4 is 4.74 Å². The topological polar surface area (TPSA) is 136 Å². The Morgan fingerprint density at radius 2 is 1.59 bits per heavy atom. The molecule has 11 nitrogen and oxygen atoms in total. The molecule has 1 N–H and O–H groups in total. The van der Waals surface area contributed by atoms with Crippen molar-refractivity contribution in [2.24, 2.45) is 17.8 Å². The second kappa shape index (κ2) is 17.4. The largest absolute Gasteiger partial charge is 0.497 e. The van der Waals surface area contributed by atoms with Crippen LogP contribution in [0.2, 0.25) is 0 Å². The van der Waals surface area contributed by atoms with Gasteiger partial charge in [-0.3, -0.25) is 8.98 Å². The summed E-state index contributed by atoms with van der Waals surface area (Å²) in [5, 5.41) is 12.5. The lowest BCUT2D eigenvalue weighted by atomic mass is 9.77. The summed E-state index contributed by atoms with van der Waals surface area (Å²) < 4.78 is 67.0. The zero-order valence-electron chi connectivity index (χ0n) is 29.5. The predicted octanol–water partition coefficient (Wildman–Crippen LogP) is 5.37. The number of methoxy groups -OCH3 is 3. The fraction of sp³-hybridized carbons (Fsp3) is 0.595. The molecule has 0 saturated carbocycles. The summed E-state index contributed by atoms with van der Waals surface area (Å²) in [5.41, 5.74) is 1.58. The normalized spacial score (nSPS) is 34.1. The van der Waals surface area contributed by atoms with Crippen molar-refractivity contribution in [1.29, 1.82) is 0 Å². The minimum absolute atomic E-state index is 0.0613. The van der Waals surface area contributed by atoms with Gasteiger partial charge in [-0.1, -0.05) is 74.9 Å². The zero-order chi connectivity index (χ0) is 35.8. The van der Waals surface area contributed by atoms with Crippen LogP contribution in [0.4, 0.5) is 0 Å².